The van der Waals surface area contributed by atoms with Crippen LogP contribution in [0, 0.1) is 0 Å². The number of fused-ring (bicyclic) bond motifs is 1. The van der Waals surface area contributed by atoms with E-state index in [1.807, 2.05) is 5.32 Å². The summed E-state index contributed by atoms with van der Waals surface area (Å²) in [4.78, 5) is 30.5. The van der Waals surface area contributed by atoms with Crippen LogP contribution in [0.5, 0.6) is 0 Å². The van der Waals surface area contributed by atoms with Crippen molar-refractivity contribution in [1.82, 2.24) is 30.1 Å². The molecule has 3 atom stereocenters. The summed E-state index contributed by atoms with van der Waals surface area (Å²) in [6.07, 6.45) is -7.64. The Labute approximate surface area is 253 Å². The number of amides is 3. The van der Waals surface area contributed by atoms with Gasteiger partial charge in [0.1, 0.15) is 11.6 Å². The fourth-order valence-corrected chi connectivity index (χ4v) is 4.44. The molecule has 11 nitrogen and oxygen atoms in total. The molecule has 0 unspecified atom stereocenters. The van der Waals surface area contributed by atoms with Crippen LogP contribution in [0.25, 0.3) is 5.65 Å². The van der Waals surface area contributed by atoms with Gasteiger partial charge >= 0.3 is 24.5 Å². The van der Waals surface area contributed by atoms with Crippen molar-refractivity contribution in [2.75, 3.05) is 19.8 Å². The number of aromatic nitrogens is 3. The molecule has 0 spiro atoms. The highest BCUT2D eigenvalue weighted by Crippen LogP contribution is 2.36. The zero-order valence-corrected chi connectivity index (χ0v) is 25.2. The molecule has 4 rings (SSSR count). The molecule has 1 saturated carbocycles. The average Bonchev–Trinajstić information content (AvgIpc) is 3.47. The number of alkyl carbamates (subject to hydrolysis) is 1. The van der Waals surface area contributed by atoms with Crippen LogP contribution in [0.15, 0.2) is 12.3 Å². The number of alkyl halides is 6. The smallest absolute Gasteiger partial charge is 0.416 e. The summed E-state index contributed by atoms with van der Waals surface area (Å²) < 4.78 is 98.0. The van der Waals surface area contributed by atoms with E-state index in [4.69, 9.17) is 25.8 Å². The molecule has 44 heavy (non-hydrogen) atoms. The normalized spacial score (nSPS) is 19.7. The fourth-order valence-electron chi connectivity index (χ4n) is 4.18. The quantitative estimate of drug-likeness (QED) is 0.325. The lowest BCUT2D eigenvalue weighted by atomic mass is 10.1. The van der Waals surface area contributed by atoms with Gasteiger partial charge in [-0.25, -0.2) is 19.1 Å². The van der Waals surface area contributed by atoms with Crippen LogP contribution in [-0.4, -0.2) is 87.1 Å². The maximum atomic E-state index is 13.5. The molecule has 1 aliphatic heterocycles. The van der Waals surface area contributed by atoms with Crippen molar-refractivity contribution in [3.63, 3.8) is 0 Å². The predicted octanol–water partition coefficient (Wildman–Crippen LogP) is 5.48. The van der Waals surface area contributed by atoms with Crippen LogP contribution in [0.4, 0.5) is 35.9 Å². The molecule has 0 radical (unpaired) electrons. The van der Waals surface area contributed by atoms with Crippen LogP contribution in [0.3, 0.4) is 0 Å². The Balaban J connectivity index is 1.67. The number of carbonyl (C=O) groups is 2. The molecular weight excluding hydrogens is 626 g/mol. The Kier molecular flexibility index (Phi) is 9.26. The van der Waals surface area contributed by atoms with Crippen LogP contribution in [0.1, 0.15) is 70.8 Å². The molecule has 3 heterocycles. The summed E-state index contributed by atoms with van der Waals surface area (Å²) in [5.41, 5.74) is -3.26. The van der Waals surface area contributed by atoms with Crippen molar-refractivity contribution >= 4 is 29.4 Å². The zero-order chi connectivity index (χ0) is 32.8. The predicted molar refractivity (Wildman–Crippen MR) is 143 cm³/mol. The molecule has 2 aromatic rings. The van der Waals surface area contributed by atoms with Gasteiger partial charge in [-0.2, -0.15) is 31.4 Å². The van der Waals surface area contributed by atoms with Crippen molar-refractivity contribution in [2.24, 2.45) is 0 Å². The second-order valence-corrected chi connectivity index (χ2v) is 12.5. The van der Waals surface area contributed by atoms with Crippen molar-refractivity contribution in [3.8, 4) is 0 Å². The van der Waals surface area contributed by atoms with E-state index >= 15 is 0 Å². The number of hydrogen-bond acceptors (Lipinski definition) is 7. The van der Waals surface area contributed by atoms with Crippen LogP contribution < -0.4 is 10.6 Å². The van der Waals surface area contributed by atoms with Gasteiger partial charge in [0.25, 0.3) is 0 Å². The van der Waals surface area contributed by atoms with Gasteiger partial charge in [-0.05, 0) is 53.5 Å². The Morgan fingerprint density at radius 2 is 1.80 bits per heavy atom. The number of carbonyl (C=O) groups excluding carboxylic acids is 2. The summed E-state index contributed by atoms with van der Waals surface area (Å²) in [6.45, 7) is 4.93. The minimum Gasteiger partial charge on any atom is -0.444 e. The summed E-state index contributed by atoms with van der Waals surface area (Å²) in [6, 6.07) is -4.00. The largest absolute Gasteiger partial charge is 0.444 e. The first-order chi connectivity index (χ1) is 20.1. The second-order valence-electron chi connectivity index (χ2n) is 12.1. The molecule has 246 valence electrons. The lowest BCUT2D eigenvalue weighted by Gasteiger charge is -2.30. The summed E-state index contributed by atoms with van der Waals surface area (Å²) in [7, 11) is 0. The number of imidazole rings is 1. The first-order valence-corrected chi connectivity index (χ1v) is 14.0. The highest BCUT2D eigenvalue weighted by atomic mass is 35.5. The third-order valence-electron chi connectivity index (χ3n) is 6.88. The Morgan fingerprint density at radius 3 is 2.34 bits per heavy atom. The molecule has 18 heteroatoms. The van der Waals surface area contributed by atoms with E-state index in [0.29, 0.717) is 0 Å². The fraction of sp³-hybridized carbons (Fsp3) is 0.692. The average molecular weight is 659 g/mol. The lowest BCUT2D eigenvalue weighted by Crippen LogP contribution is -2.44. The van der Waals surface area contributed by atoms with Crippen LogP contribution >= 0.6 is 11.6 Å². The van der Waals surface area contributed by atoms with Gasteiger partial charge in [-0.3, -0.25) is 0 Å². The minimum atomic E-state index is -4.73. The number of nitrogens with zero attached hydrogens (tertiary/aromatic N) is 4. The number of halogens is 7. The monoisotopic (exact) mass is 658 g/mol. The van der Waals surface area contributed by atoms with Gasteiger partial charge in [0.15, 0.2) is 16.4 Å². The van der Waals surface area contributed by atoms with E-state index in [1.165, 1.54) is 16.8 Å². The van der Waals surface area contributed by atoms with Gasteiger partial charge in [0.05, 0.1) is 49.8 Å². The second kappa shape index (κ2) is 12.0. The highest BCUT2D eigenvalue weighted by Gasteiger charge is 2.50. The van der Waals surface area contributed by atoms with Crippen molar-refractivity contribution in [2.45, 2.75) is 95.2 Å². The van der Waals surface area contributed by atoms with Crippen LogP contribution in [0.2, 0.25) is 5.15 Å². The SMILES string of the molecule is CC(C)(C)OC(=O)N[C@@H](COC(C)(C)C(F)(F)F)c1cn2nc(Cl)c([C@@H](COC3CC3)N3C[C@@H](C(F)(F)F)NC3=O)cc2n1. The van der Waals surface area contributed by atoms with E-state index in [1.54, 1.807) is 20.8 Å². The number of rotatable bonds is 10. The van der Waals surface area contributed by atoms with Crippen molar-refractivity contribution in [3.05, 3.63) is 28.7 Å². The van der Waals surface area contributed by atoms with E-state index in [0.717, 1.165) is 31.6 Å². The van der Waals surface area contributed by atoms with Gasteiger partial charge < -0.3 is 29.7 Å². The molecule has 2 aliphatic rings. The molecule has 0 aromatic carbocycles. The van der Waals surface area contributed by atoms with Crippen molar-refractivity contribution < 1.29 is 50.1 Å². The maximum absolute atomic E-state index is 13.5. The molecule has 3 amide bonds. The first kappa shape index (κ1) is 33.8. The minimum absolute atomic E-state index is 0.0244. The molecule has 2 fully saturated rings. The number of ether oxygens (including phenoxy) is 3. The molecule has 2 N–H and O–H groups in total. The summed E-state index contributed by atoms with van der Waals surface area (Å²) in [5, 5.41) is 8.41. The highest BCUT2D eigenvalue weighted by molar-refractivity contribution is 6.30. The van der Waals surface area contributed by atoms with Gasteiger partial charge in [-0.1, -0.05) is 11.6 Å². The molecular formula is C26H33ClF6N6O5. The molecule has 2 aromatic heterocycles. The lowest BCUT2D eigenvalue weighted by molar-refractivity contribution is -0.265. The van der Waals surface area contributed by atoms with Gasteiger partial charge in [0.2, 0.25) is 0 Å². The summed E-state index contributed by atoms with van der Waals surface area (Å²) >= 11 is 6.46. The summed E-state index contributed by atoms with van der Waals surface area (Å²) in [5.74, 6) is 0. The van der Waals surface area contributed by atoms with Crippen LogP contribution in [-0.2, 0) is 14.2 Å². The zero-order valence-electron chi connectivity index (χ0n) is 24.5. The Hall–Kier alpha value is -3.05. The Bertz CT molecular complexity index is 1370. The standard InChI is InChI=1S/C26H33ClF6N6O5/c1-23(2,3)44-22(41)35-16(11-43-24(4,5)26(31,32)33)15-9-39-19(34-15)8-14(20(27)37-39)17(12-42-13-6-7-13)38-10-18(25(28,29)30)36-21(38)40/h8-9,13,16-18H,6-7,10-12H2,1-5H3,(H,35,41)(H,36,40)/t16-,17+,18-/m0/s1. The third kappa shape index (κ3) is 8.15. The number of nitrogens with one attached hydrogen (secondary N) is 2. The van der Waals surface area contributed by atoms with E-state index in [-0.39, 0.29) is 34.8 Å². The van der Waals surface area contributed by atoms with E-state index < -0.39 is 67.0 Å². The van der Waals surface area contributed by atoms with Crippen molar-refractivity contribution in [1.29, 1.82) is 0 Å². The van der Waals surface area contributed by atoms with Gasteiger partial charge in [-0.15, -0.1) is 0 Å². The molecule has 0 bridgehead atoms. The topological polar surface area (TPSA) is 119 Å². The first-order valence-electron chi connectivity index (χ1n) is 13.7. The Morgan fingerprint density at radius 1 is 1.14 bits per heavy atom. The number of hydrogen-bond donors (Lipinski definition) is 2. The van der Waals surface area contributed by atoms with E-state index in [2.05, 4.69) is 15.4 Å². The third-order valence-corrected chi connectivity index (χ3v) is 7.17. The molecule has 1 saturated heterocycles. The molecule has 1 aliphatic carbocycles. The maximum Gasteiger partial charge on any atom is 0.416 e. The number of urea groups is 1. The van der Waals surface area contributed by atoms with E-state index in [9.17, 15) is 35.9 Å². The van der Waals surface area contributed by atoms with Gasteiger partial charge in [0, 0.05) is 5.56 Å².